The number of ether oxygens (including phenoxy) is 2. The average molecular weight is 360 g/mol. The molecular formula is C16H14ClN5O3. The highest BCUT2D eigenvalue weighted by Crippen LogP contribution is 2.26. The van der Waals surface area contributed by atoms with E-state index in [0.29, 0.717) is 22.8 Å². The molecule has 2 N–H and O–H groups in total. The molecule has 0 saturated heterocycles. The Morgan fingerprint density at radius 3 is 2.84 bits per heavy atom. The van der Waals surface area contributed by atoms with Crippen molar-refractivity contribution < 1.29 is 14.3 Å². The third-order valence-electron chi connectivity index (χ3n) is 3.23. The van der Waals surface area contributed by atoms with E-state index in [-0.39, 0.29) is 17.7 Å². The first-order chi connectivity index (χ1) is 12.2. The van der Waals surface area contributed by atoms with Crippen LogP contribution in [-0.2, 0) is 4.79 Å². The minimum Gasteiger partial charge on any atom is -0.497 e. The van der Waals surface area contributed by atoms with Crippen LogP contribution in [0, 0.1) is 0 Å². The second kappa shape index (κ2) is 7.63. The maximum Gasteiger partial charge on any atom is 0.276 e. The first-order valence-corrected chi connectivity index (χ1v) is 7.63. The van der Waals surface area contributed by atoms with Crippen LogP contribution in [0.25, 0.3) is 10.9 Å². The zero-order valence-corrected chi connectivity index (χ0v) is 13.9. The van der Waals surface area contributed by atoms with Crippen molar-refractivity contribution in [3.05, 3.63) is 47.7 Å². The number of nitrogens with one attached hydrogen (secondary N) is 2. The van der Waals surface area contributed by atoms with Crippen LogP contribution in [0.4, 0.5) is 5.82 Å². The molecule has 9 heteroatoms. The van der Waals surface area contributed by atoms with Crippen LogP contribution >= 0.6 is 11.6 Å². The van der Waals surface area contributed by atoms with Gasteiger partial charge in [-0.25, -0.2) is 0 Å². The number of carbonyl (C=O) groups is 1. The molecule has 8 nitrogen and oxygen atoms in total. The van der Waals surface area contributed by atoms with E-state index in [1.54, 1.807) is 43.6 Å². The Morgan fingerprint density at radius 2 is 2.08 bits per heavy atom. The van der Waals surface area contributed by atoms with E-state index in [4.69, 9.17) is 21.1 Å². The number of methoxy groups -OCH3 is 1. The van der Waals surface area contributed by atoms with Gasteiger partial charge in [0.25, 0.3) is 5.91 Å². The van der Waals surface area contributed by atoms with Crippen LogP contribution in [0.5, 0.6) is 11.5 Å². The maximum absolute atomic E-state index is 11.9. The molecule has 0 aliphatic heterocycles. The molecular weight excluding hydrogens is 346 g/mol. The number of carbonyl (C=O) groups excluding carboxylic acids is 1. The molecule has 25 heavy (non-hydrogen) atoms. The Bertz CT molecular complexity index is 889. The van der Waals surface area contributed by atoms with E-state index in [9.17, 15) is 4.79 Å². The molecule has 0 saturated carbocycles. The lowest BCUT2D eigenvalue weighted by Gasteiger charge is -2.10. The highest BCUT2D eigenvalue weighted by Gasteiger charge is 2.08. The van der Waals surface area contributed by atoms with Crippen LogP contribution in [-0.4, -0.2) is 34.8 Å². The maximum atomic E-state index is 11.9. The normalized spacial score (nSPS) is 10.3. The molecule has 0 aliphatic rings. The van der Waals surface area contributed by atoms with E-state index in [1.165, 1.54) is 0 Å². The highest BCUT2D eigenvalue weighted by molar-refractivity contribution is 6.29. The highest BCUT2D eigenvalue weighted by atomic mass is 35.5. The number of nitrogens with zero attached hydrogens (tertiary/aromatic N) is 3. The van der Waals surface area contributed by atoms with E-state index >= 15 is 0 Å². The molecule has 0 spiro atoms. The van der Waals surface area contributed by atoms with Crippen molar-refractivity contribution in [2.75, 3.05) is 19.1 Å². The number of hydrogen-bond donors (Lipinski definition) is 2. The van der Waals surface area contributed by atoms with Crippen LogP contribution in [0.15, 0.2) is 42.6 Å². The van der Waals surface area contributed by atoms with Crippen molar-refractivity contribution in [3.63, 3.8) is 0 Å². The number of fused-ring (bicyclic) bond motifs is 1. The van der Waals surface area contributed by atoms with Crippen molar-refractivity contribution in [1.29, 1.82) is 0 Å². The first kappa shape index (κ1) is 16.7. The van der Waals surface area contributed by atoms with Gasteiger partial charge in [0.05, 0.1) is 12.6 Å². The quantitative estimate of drug-likeness (QED) is 0.651. The molecule has 1 aromatic carbocycles. The van der Waals surface area contributed by atoms with Crippen LogP contribution in [0.3, 0.4) is 0 Å². The zero-order chi connectivity index (χ0) is 17.6. The fraction of sp³-hybridized carbons (Fsp3) is 0.125. The molecule has 2 aromatic heterocycles. The molecule has 0 radical (unpaired) electrons. The number of pyridine rings is 1. The Balaban J connectivity index is 1.60. The summed E-state index contributed by atoms with van der Waals surface area (Å²) in [6.45, 7) is -0.181. The summed E-state index contributed by atoms with van der Waals surface area (Å²) < 4.78 is 10.7. The Kier molecular flexibility index (Phi) is 5.10. The number of hydrogen-bond acceptors (Lipinski definition) is 7. The summed E-state index contributed by atoms with van der Waals surface area (Å²) in [7, 11) is 1.59. The van der Waals surface area contributed by atoms with E-state index in [0.717, 1.165) is 5.39 Å². The molecule has 0 bridgehead atoms. The van der Waals surface area contributed by atoms with Gasteiger partial charge >= 0.3 is 0 Å². The minimum atomic E-state index is -0.379. The largest absolute Gasteiger partial charge is 0.497 e. The SMILES string of the molecule is COc1ccc2c(OCC(=O)NNc3ccc(Cl)nn3)ccnc2c1. The van der Waals surface area contributed by atoms with Gasteiger partial charge in [-0.1, -0.05) is 11.6 Å². The van der Waals surface area contributed by atoms with Crippen molar-refractivity contribution in [2.45, 2.75) is 0 Å². The van der Waals surface area contributed by atoms with E-state index < -0.39 is 0 Å². The van der Waals surface area contributed by atoms with Crippen molar-refractivity contribution in [3.8, 4) is 11.5 Å². The number of amides is 1. The summed E-state index contributed by atoms with van der Waals surface area (Å²) in [6, 6.07) is 10.3. The van der Waals surface area contributed by atoms with Gasteiger partial charge in [0.15, 0.2) is 17.6 Å². The first-order valence-electron chi connectivity index (χ1n) is 7.25. The van der Waals surface area contributed by atoms with Crippen molar-refractivity contribution in [1.82, 2.24) is 20.6 Å². The fourth-order valence-corrected chi connectivity index (χ4v) is 2.15. The van der Waals surface area contributed by atoms with Gasteiger partial charge in [-0.2, -0.15) is 0 Å². The van der Waals surface area contributed by atoms with Gasteiger partial charge in [-0.3, -0.25) is 20.6 Å². The van der Waals surface area contributed by atoms with Gasteiger partial charge in [0.1, 0.15) is 11.5 Å². The van der Waals surface area contributed by atoms with Gasteiger partial charge < -0.3 is 9.47 Å². The predicted octanol–water partition coefficient (Wildman–Crippen LogP) is 2.21. The van der Waals surface area contributed by atoms with Crippen LogP contribution in [0.1, 0.15) is 0 Å². The smallest absolute Gasteiger partial charge is 0.276 e. The monoisotopic (exact) mass is 359 g/mol. The Morgan fingerprint density at radius 1 is 1.20 bits per heavy atom. The standard InChI is InChI=1S/C16H14ClN5O3/c1-24-10-2-3-11-12(8-10)18-7-6-13(11)25-9-16(23)22-21-15-5-4-14(17)19-20-15/h2-8H,9H2,1H3,(H,20,21)(H,22,23). The minimum absolute atomic E-state index is 0.181. The fourth-order valence-electron chi connectivity index (χ4n) is 2.05. The van der Waals surface area contributed by atoms with Crippen molar-refractivity contribution >= 4 is 34.2 Å². The third kappa shape index (κ3) is 4.24. The molecule has 1 amide bonds. The molecule has 3 aromatic rings. The number of hydrazine groups is 1. The average Bonchev–Trinajstić information content (AvgIpc) is 2.65. The predicted molar refractivity (Wildman–Crippen MR) is 92.6 cm³/mol. The van der Waals surface area contributed by atoms with Gasteiger partial charge in [0.2, 0.25) is 0 Å². The van der Waals surface area contributed by atoms with E-state index in [2.05, 4.69) is 26.0 Å². The summed E-state index contributed by atoms with van der Waals surface area (Å²) >= 11 is 5.64. The summed E-state index contributed by atoms with van der Waals surface area (Å²) in [4.78, 5) is 16.1. The van der Waals surface area contributed by atoms with Gasteiger partial charge in [-0.05, 0) is 30.3 Å². The Labute approximate surface area is 148 Å². The molecule has 0 aliphatic carbocycles. The molecule has 0 fully saturated rings. The summed E-state index contributed by atoms with van der Waals surface area (Å²) in [6.07, 6.45) is 1.61. The van der Waals surface area contributed by atoms with Crippen molar-refractivity contribution in [2.24, 2.45) is 0 Å². The Hall–Kier alpha value is -3.13. The number of aromatic nitrogens is 3. The number of halogens is 1. The number of rotatable bonds is 6. The number of anilines is 1. The van der Waals surface area contributed by atoms with Gasteiger partial charge in [-0.15, -0.1) is 10.2 Å². The summed E-state index contributed by atoms with van der Waals surface area (Å²) in [5.74, 6) is 1.23. The topological polar surface area (TPSA) is 98.3 Å². The van der Waals surface area contributed by atoms with Gasteiger partial charge in [0, 0.05) is 17.6 Å². The van der Waals surface area contributed by atoms with E-state index in [1.807, 2.05) is 6.07 Å². The molecule has 0 unspecified atom stereocenters. The number of benzene rings is 1. The lowest BCUT2D eigenvalue weighted by molar-refractivity contribution is -0.122. The van der Waals surface area contributed by atoms with Crippen LogP contribution in [0.2, 0.25) is 5.15 Å². The third-order valence-corrected chi connectivity index (χ3v) is 3.43. The molecule has 0 atom stereocenters. The lowest BCUT2D eigenvalue weighted by Crippen LogP contribution is -2.34. The molecule has 3 rings (SSSR count). The summed E-state index contributed by atoms with van der Waals surface area (Å²) in [5, 5.41) is 8.46. The zero-order valence-electron chi connectivity index (χ0n) is 13.2. The second-order valence-corrected chi connectivity index (χ2v) is 5.28. The van der Waals surface area contributed by atoms with Crippen LogP contribution < -0.4 is 20.3 Å². The lowest BCUT2D eigenvalue weighted by atomic mass is 10.2. The molecule has 2 heterocycles. The summed E-state index contributed by atoms with van der Waals surface area (Å²) in [5.41, 5.74) is 5.79. The second-order valence-electron chi connectivity index (χ2n) is 4.90. The molecule has 128 valence electrons.